The summed E-state index contributed by atoms with van der Waals surface area (Å²) < 4.78 is 1.60. The Labute approximate surface area is 112 Å². The molecule has 7 nitrogen and oxygen atoms in total. The number of carbonyl (C=O) groups excluding carboxylic acids is 2. The van der Waals surface area contributed by atoms with Gasteiger partial charge in [-0.1, -0.05) is 18.6 Å². The molecule has 7 heteroatoms. The van der Waals surface area contributed by atoms with Crippen molar-refractivity contribution in [2.45, 2.75) is 38.8 Å². The second kappa shape index (κ2) is 5.81. The average molecular weight is 265 g/mol. The molecule has 0 bridgehead atoms. The second-order valence-electron chi connectivity index (χ2n) is 4.80. The van der Waals surface area contributed by atoms with E-state index in [-0.39, 0.29) is 11.8 Å². The van der Waals surface area contributed by atoms with Crippen molar-refractivity contribution in [3.05, 3.63) is 11.9 Å². The van der Waals surface area contributed by atoms with Crippen LogP contribution >= 0.6 is 0 Å². The van der Waals surface area contributed by atoms with Crippen LogP contribution in [0.1, 0.15) is 31.9 Å². The lowest BCUT2D eigenvalue weighted by Gasteiger charge is -2.22. The predicted molar refractivity (Wildman–Crippen MR) is 67.9 cm³/mol. The van der Waals surface area contributed by atoms with Crippen molar-refractivity contribution in [3.8, 4) is 0 Å². The van der Waals surface area contributed by atoms with Crippen molar-refractivity contribution in [2.75, 3.05) is 6.54 Å². The van der Waals surface area contributed by atoms with Crippen LogP contribution in [0.2, 0.25) is 0 Å². The summed E-state index contributed by atoms with van der Waals surface area (Å²) in [6, 6.07) is -0.406. The van der Waals surface area contributed by atoms with Crippen molar-refractivity contribution in [1.82, 2.24) is 25.2 Å². The van der Waals surface area contributed by atoms with E-state index in [9.17, 15) is 9.59 Å². The molecule has 1 fully saturated rings. The number of hydrogen-bond donors (Lipinski definition) is 1. The zero-order valence-electron chi connectivity index (χ0n) is 11.3. The number of aryl methyl sites for hydroxylation is 1. The van der Waals surface area contributed by atoms with Crippen molar-refractivity contribution in [3.63, 3.8) is 0 Å². The molecule has 2 rings (SSSR count). The number of hydrogen-bond acceptors (Lipinski definition) is 4. The Balaban J connectivity index is 2.09. The highest BCUT2D eigenvalue weighted by atomic mass is 16.2. The fraction of sp³-hybridized carbons (Fsp3) is 0.667. The summed E-state index contributed by atoms with van der Waals surface area (Å²) in [7, 11) is 1.78. The van der Waals surface area contributed by atoms with Gasteiger partial charge in [0.25, 0.3) is 0 Å². The summed E-state index contributed by atoms with van der Waals surface area (Å²) in [4.78, 5) is 25.6. The van der Waals surface area contributed by atoms with Crippen LogP contribution in [0.25, 0.3) is 0 Å². The molecule has 1 aromatic rings. The molecule has 0 spiro atoms. The van der Waals surface area contributed by atoms with E-state index in [0.29, 0.717) is 25.9 Å². The maximum Gasteiger partial charge on any atom is 0.245 e. The third-order valence-electron chi connectivity index (χ3n) is 3.13. The summed E-state index contributed by atoms with van der Waals surface area (Å²) in [6.07, 6.45) is 3.64. The summed E-state index contributed by atoms with van der Waals surface area (Å²) in [5.41, 5.74) is 0.737. The van der Waals surface area contributed by atoms with E-state index in [1.807, 2.05) is 6.92 Å². The molecule has 0 saturated carbocycles. The number of nitrogens with zero attached hydrogens (tertiary/aromatic N) is 4. The molecule has 1 saturated heterocycles. The standard InChI is InChI=1S/C12H19N5O2/c1-3-4-10-12(19)17(6-5-11(18)13-10)8-9-7-16(2)15-14-9/h7,10H,3-6,8H2,1-2H3,(H,13,18). The van der Waals surface area contributed by atoms with Crippen LogP contribution in [0.4, 0.5) is 0 Å². The lowest BCUT2D eigenvalue weighted by molar-refractivity contribution is -0.134. The third-order valence-corrected chi connectivity index (χ3v) is 3.13. The highest BCUT2D eigenvalue weighted by molar-refractivity contribution is 5.89. The quantitative estimate of drug-likeness (QED) is 0.820. The first-order valence-corrected chi connectivity index (χ1v) is 6.53. The van der Waals surface area contributed by atoms with Gasteiger partial charge < -0.3 is 10.2 Å². The van der Waals surface area contributed by atoms with E-state index in [2.05, 4.69) is 15.6 Å². The maximum absolute atomic E-state index is 12.3. The van der Waals surface area contributed by atoms with Gasteiger partial charge in [0.2, 0.25) is 11.8 Å². The van der Waals surface area contributed by atoms with Crippen LogP contribution in [-0.4, -0.2) is 44.3 Å². The van der Waals surface area contributed by atoms with Gasteiger partial charge in [-0.25, -0.2) is 0 Å². The van der Waals surface area contributed by atoms with Crippen molar-refractivity contribution < 1.29 is 9.59 Å². The zero-order chi connectivity index (χ0) is 13.8. The maximum atomic E-state index is 12.3. The molecular weight excluding hydrogens is 246 g/mol. The Bertz CT molecular complexity index is 470. The highest BCUT2D eigenvalue weighted by Crippen LogP contribution is 2.11. The fourth-order valence-corrected chi connectivity index (χ4v) is 2.20. The molecule has 1 aliphatic rings. The molecule has 0 aromatic carbocycles. The molecule has 1 aliphatic heterocycles. The van der Waals surface area contributed by atoms with Gasteiger partial charge in [-0.3, -0.25) is 14.3 Å². The van der Waals surface area contributed by atoms with E-state index in [1.54, 1.807) is 22.8 Å². The van der Waals surface area contributed by atoms with E-state index >= 15 is 0 Å². The molecule has 104 valence electrons. The van der Waals surface area contributed by atoms with Gasteiger partial charge in [0.15, 0.2) is 0 Å². The van der Waals surface area contributed by atoms with Crippen molar-refractivity contribution >= 4 is 11.8 Å². The molecule has 1 aromatic heterocycles. The average Bonchev–Trinajstić information content (AvgIpc) is 2.73. The van der Waals surface area contributed by atoms with Crippen molar-refractivity contribution in [1.29, 1.82) is 0 Å². The molecule has 0 aliphatic carbocycles. The minimum Gasteiger partial charge on any atom is -0.344 e. The van der Waals surface area contributed by atoms with E-state index in [0.717, 1.165) is 12.1 Å². The fourth-order valence-electron chi connectivity index (χ4n) is 2.20. The lowest BCUT2D eigenvalue weighted by atomic mass is 10.1. The Morgan fingerprint density at radius 2 is 2.26 bits per heavy atom. The zero-order valence-corrected chi connectivity index (χ0v) is 11.3. The number of amides is 2. The van der Waals surface area contributed by atoms with Crippen LogP contribution in [0, 0.1) is 0 Å². The normalized spacial score (nSPS) is 20.3. The Morgan fingerprint density at radius 1 is 1.47 bits per heavy atom. The summed E-state index contributed by atoms with van der Waals surface area (Å²) in [6.45, 7) is 2.83. The molecule has 1 unspecified atom stereocenters. The minimum absolute atomic E-state index is 0.0293. The van der Waals surface area contributed by atoms with Crippen LogP contribution in [0.3, 0.4) is 0 Å². The van der Waals surface area contributed by atoms with Crippen LogP contribution in [-0.2, 0) is 23.2 Å². The summed E-state index contributed by atoms with van der Waals surface area (Å²) >= 11 is 0. The first kappa shape index (κ1) is 13.5. The van der Waals surface area contributed by atoms with Gasteiger partial charge in [-0.05, 0) is 6.42 Å². The smallest absolute Gasteiger partial charge is 0.245 e. The van der Waals surface area contributed by atoms with Gasteiger partial charge in [0, 0.05) is 26.2 Å². The van der Waals surface area contributed by atoms with Gasteiger partial charge >= 0.3 is 0 Å². The Hall–Kier alpha value is -1.92. The SMILES string of the molecule is CCCC1NC(=O)CCN(Cc2cn(C)nn2)C1=O. The third kappa shape index (κ3) is 3.30. The monoisotopic (exact) mass is 265 g/mol. The summed E-state index contributed by atoms with van der Waals surface area (Å²) in [5.74, 6) is -0.0909. The molecule has 2 heterocycles. The van der Waals surface area contributed by atoms with Gasteiger partial charge in [-0.2, -0.15) is 0 Å². The first-order valence-electron chi connectivity index (χ1n) is 6.53. The summed E-state index contributed by atoms with van der Waals surface area (Å²) in [5, 5.41) is 10.6. The van der Waals surface area contributed by atoms with E-state index < -0.39 is 6.04 Å². The number of rotatable bonds is 4. The predicted octanol–water partition coefficient (Wildman–Crippen LogP) is -0.168. The minimum atomic E-state index is -0.406. The first-order chi connectivity index (χ1) is 9.10. The van der Waals surface area contributed by atoms with E-state index in [4.69, 9.17) is 0 Å². The van der Waals surface area contributed by atoms with Gasteiger partial charge in [0.1, 0.15) is 11.7 Å². The second-order valence-corrected chi connectivity index (χ2v) is 4.80. The highest BCUT2D eigenvalue weighted by Gasteiger charge is 2.29. The number of aromatic nitrogens is 3. The number of carbonyl (C=O) groups is 2. The van der Waals surface area contributed by atoms with Gasteiger partial charge in [0.05, 0.1) is 6.54 Å². The molecule has 2 amide bonds. The molecule has 1 N–H and O–H groups in total. The number of nitrogens with one attached hydrogen (secondary N) is 1. The molecular formula is C12H19N5O2. The molecule has 0 radical (unpaired) electrons. The van der Waals surface area contributed by atoms with E-state index in [1.165, 1.54) is 0 Å². The largest absolute Gasteiger partial charge is 0.344 e. The Morgan fingerprint density at radius 3 is 2.89 bits per heavy atom. The van der Waals surface area contributed by atoms with Crippen LogP contribution < -0.4 is 5.32 Å². The van der Waals surface area contributed by atoms with Crippen LogP contribution in [0.15, 0.2) is 6.20 Å². The Kier molecular flexibility index (Phi) is 4.13. The van der Waals surface area contributed by atoms with Crippen molar-refractivity contribution in [2.24, 2.45) is 7.05 Å². The lowest BCUT2D eigenvalue weighted by Crippen LogP contribution is -2.44. The van der Waals surface area contributed by atoms with Crippen LogP contribution in [0.5, 0.6) is 0 Å². The molecule has 19 heavy (non-hydrogen) atoms. The van der Waals surface area contributed by atoms with Gasteiger partial charge in [-0.15, -0.1) is 5.10 Å². The molecule has 1 atom stereocenters. The topological polar surface area (TPSA) is 80.1 Å².